The van der Waals surface area contributed by atoms with Crippen LogP contribution in [0.15, 0.2) is 18.2 Å². The molecule has 1 rings (SSSR count). The van der Waals surface area contributed by atoms with Gasteiger partial charge in [0.1, 0.15) is 11.7 Å². The summed E-state index contributed by atoms with van der Waals surface area (Å²) in [6.07, 6.45) is 0. The van der Waals surface area contributed by atoms with Gasteiger partial charge in [0, 0.05) is 11.6 Å². The second kappa shape index (κ2) is 6.00. The summed E-state index contributed by atoms with van der Waals surface area (Å²) in [5, 5.41) is 13.7. The van der Waals surface area contributed by atoms with E-state index in [0.29, 0.717) is 0 Å². The maximum atomic E-state index is 11.3. The number of nitrogens with two attached hydrogens (primary N) is 2. The first-order chi connectivity index (χ1) is 9.23. The maximum Gasteiger partial charge on any atom is 0.293 e. The van der Waals surface area contributed by atoms with Gasteiger partial charge in [-0.15, -0.1) is 0 Å². The van der Waals surface area contributed by atoms with E-state index in [1.807, 2.05) is 0 Å². The lowest BCUT2D eigenvalue weighted by molar-refractivity contribution is -0.384. The zero-order valence-corrected chi connectivity index (χ0v) is 11.1. The average Bonchev–Trinajstić information content (AvgIpc) is 2.34. The lowest BCUT2D eigenvalue weighted by atomic mass is 10.0. The summed E-state index contributed by atoms with van der Waals surface area (Å²) in [5.41, 5.74) is 10.1. The van der Waals surface area contributed by atoms with Crippen molar-refractivity contribution in [1.82, 2.24) is 0 Å². The zero-order valence-electron chi connectivity index (χ0n) is 11.1. The van der Waals surface area contributed by atoms with E-state index in [2.05, 4.69) is 5.32 Å². The highest BCUT2D eigenvalue weighted by atomic mass is 16.6. The number of amides is 2. The van der Waals surface area contributed by atoms with E-state index in [-0.39, 0.29) is 22.9 Å². The highest BCUT2D eigenvalue weighted by Gasteiger charge is 2.24. The molecule has 0 spiro atoms. The lowest BCUT2D eigenvalue weighted by Gasteiger charge is -2.20. The monoisotopic (exact) mass is 280 g/mol. The van der Waals surface area contributed by atoms with Gasteiger partial charge < -0.3 is 16.8 Å². The van der Waals surface area contributed by atoms with Crippen LogP contribution in [0.25, 0.3) is 0 Å². The Hall–Kier alpha value is -2.64. The molecule has 0 bridgehead atoms. The lowest BCUT2D eigenvalue weighted by Crippen LogP contribution is -2.39. The molecule has 1 unspecified atom stereocenters. The van der Waals surface area contributed by atoms with E-state index in [0.717, 1.165) is 6.07 Å². The number of carbonyl (C=O) groups is 2. The number of nitrogens with one attached hydrogen (secondary N) is 1. The molecule has 0 aliphatic heterocycles. The van der Waals surface area contributed by atoms with Crippen molar-refractivity contribution < 1.29 is 14.5 Å². The Labute approximate surface area is 115 Å². The summed E-state index contributed by atoms with van der Waals surface area (Å²) in [4.78, 5) is 32.7. The number of anilines is 1. The molecule has 0 aliphatic rings. The number of hydrogen-bond acceptors (Lipinski definition) is 5. The Morgan fingerprint density at radius 3 is 2.30 bits per heavy atom. The van der Waals surface area contributed by atoms with Crippen LogP contribution < -0.4 is 16.8 Å². The van der Waals surface area contributed by atoms with Gasteiger partial charge in [-0.05, 0) is 18.1 Å². The SMILES string of the molecule is CC(C)C(Nc1ccc(C(N)=O)cc1[N+](=O)[O-])C(N)=O. The molecule has 108 valence electrons. The Morgan fingerprint density at radius 1 is 1.30 bits per heavy atom. The minimum Gasteiger partial charge on any atom is -0.368 e. The molecule has 0 aromatic heterocycles. The summed E-state index contributed by atoms with van der Waals surface area (Å²) >= 11 is 0. The largest absolute Gasteiger partial charge is 0.368 e. The Bertz CT molecular complexity index is 556. The third-order valence-corrected chi connectivity index (χ3v) is 2.76. The Morgan fingerprint density at radius 2 is 1.90 bits per heavy atom. The summed E-state index contributed by atoms with van der Waals surface area (Å²) in [6, 6.07) is 2.98. The maximum absolute atomic E-state index is 11.3. The van der Waals surface area contributed by atoms with Crippen LogP contribution in [0.2, 0.25) is 0 Å². The van der Waals surface area contributed by atoms with Crippen molar-refractivity contribution in [2.45, 2.75) is 19.9 Å². The first kappa shape index (κ1) is 15.4. The Balaban J connectivity index is 3.20. The quantitative estimate of drug-likeness (QED) is 0.517. The summed E-state index contributed by atoms with van der Waals surface area (Å²) < 4.78 is 0. The molecule has 0 fully saturated rings. The van der Waals surface area contributed by atoms with Crippen molar-refractivity contribution in [2.75, 3.05) is 5.32 Å². The van der Waals surface area contributed by atoms with Gasteiger partial charge in [-0.3, -0.25) is 19.7 Å². The molecule has 0 heterocycles. The topological polar surface area (TPSA) is 141 Å². The highest BCUT2D eigenvalue weighted by Crippen LogP contribution is 2.27. The van der Waals surface area contributed by atoms with Gasteiger partial charge in [-0.2, -0.15) is 0 Å². The molecule has 0 saturated heterocycles. The van der Waals surface area contributed by atoms with Gasteiger partial charge >= 0.3 is 0 Å². The predicted molar refractivity (Wildman–Crippen MR) is 73.1 cm³/mol. The van der Waals surface area contributed by atoms with E-state index < -0.39 is 22.8 Å². The smallest absolute Gasteiger partial charge is 0.293 e. The van der Waals surface area contributed by atoms with Crippen LogP contribution >= 0.6 is 0 Å². The molecule has 5 N–H and O–H groups in total. The molecular formula is C12H16N4O4. The van der Waals surface area contributed by atoms with Crippen molar-refractivity contribution in [3.8, 4) is 0 Å². The second-order valence-electron chi connectivity index (χ2n) is 4.62. The van der Waals surface area contributed by atoms with E-state index in [4.69, 9.17) is 11.5 Å². The van der Waals surface area contributed by atoms with Gasteiger partial charge in [0.25, 0.3) is 5.69 Å². The number of rotatable bonds is 6. The van der Waals surface area contributed by atoms with Crippen molar-refractivity contribution >= 4 is 23.2 Å². The van der Waals surface area contributed by atoms with E-state index in [1.54, 1.807) is 13.8 Å². The molecule has 0 saturated carbocycles. The third-order valence-electron chi connectivity index (χ3n) is 2.76. The van der Waals surface area contributed by atoms with Crippen LogP contribution in [0.1, 0.15) is 24.2 Å². The molecule has 1 atom stereocenters. The first-order valence-electron chi connectivity index (χ1n) is 5.88. The fraction of sp³-hybridized carbons (Fsp3) is 0.333. The molecule has 1 aromatic carbocycles. The van der Waals surface area contributed by atoms with Crippen LogP contribution in [0.4, 0.5) is 11.4 Å². The molecule has 20 heavy (non-hydrogen) atoms. The molecule has 8 nitrogen and oxygen atoms in total. The number of hydrogen-bond donors (Lipinski definition) is 3. The zero-order chi connectivity index (χ0) is 15.4. The predicted octanol–water partition coefficient (Wildman–Crippen LogP) is 0.615. The fourth-order valence-electron chi connectivity index (χ4n) is 1.69. The number of nitrogens with zero attached hydrogens (tertiary/aromatic N) is 1. The van der Waals surface area contributed by atoms with Crippen molar-refractivity contribution in [3.63, 3.8) is 0 Å². The summed E-state index contributed by atoms with van der Waals surface area (Å²) in [6.45, 7) is 3.51. The summed E-state index contributed by atoms with van der Waals surface area (Å²) in [7, 11) is 0. The van der Waals surface area contributed by atoms with Crippen molar-refractivity contribution in [3.05, 3.63) is 33.9 Å². The van der Waals surface area contributed by atoms with Crippen LogP contribution in [0.3, 0.4) is 0 Å². The molecule has 0 aliphatic carbocycles. The number of benzene rings is 1. The molecular weight excluding hydrogens is 264 g/mol. The number of nitro groups is 1. The van der Waals surface area contributed by atoms with Crippen molar-refractivity contribution in [1.29, 1.82) is 0 Å². The van der Waals surface area contributed by atoms with Gasteiger partial charge in [0.15, 0.2) is 0 Å². The number of nitro benzene ring substituents is 1. The minimum absolute atomic E-state index is 0.0161. The van der Waals surface area contributed by atoms with E-state index in [1.165, 1.54) is 12.1 Å². The van der Waals surface area contributed by atoms with Gasteiger partial charge in [0.05, 0.1) is 4.92 Å². The number of carbonyl (C=O) groups excluding carboxylic acids is 2. The number of primary amides is 2. The van der Waals surface area contributed by atoms with E-state index in [9.17, 15) is 19.7 Å². The molecule has 0 radical (unpaired) electrons. The average molecular weight is 280 g/mol. The molecule has 2 amide bonds. The standard InChI is InChI=1S/C12H16N4O4/c1-6(2)10(12(14)18)15-8-4-3-7(11(13)17)5-9(8)16(19)20/h3-6,10,15H,1-2H3,(H2,13,17)(H2,14,18). The van der Waals surface area contributed by atoms with Crippen LogP contribution in [-0.4, -0.2) is 22.8 Å². The second-order valence-corrected chi connectivity index (χ2v) is 4.62. The van der Waals surface area contributed by atoms with Crippen LogP contribution in [0.5, 0.6) is 0 Å². The van der Waals surface area contributed by atoms with Gasteiger partial charge in [-0.25, -0.2) is 0 Å². The highest BCUT2D eigenvalue weighted by molar-refractivity contribution is 5.94. The Kier molecular flexibility index (Phi) is 4.63. The van der Waals surface area contributed by atoms with Gasteiger partial charge in [-0.1, -0.05) is 13.8 Å². The molecule has 8 heteroatoms. The van der Waals surface area contributed by atoms with E-state index >= 15 is 0 Å². The third kappa shape index (κ3) is 3.44. The normalized spacial score (nSPS) is 11.9. The van der Waals surface area contributed by atoms with Gasteiger partial charge in [0.2, 0.25) is 11.8 Å². The fourth-order valence-corrected chi connectivity index (χ4v) is 1.69. The minimum atomic E-state index is -0.769. The van der Waals surface area contributed by atoms with Crippen LogP contribution in [-0.2, 0) is 4.79 Å². The summed E-state index contributed by atoms with van der Waals surface area (Å²) in [5.74, 6) is -1.54. The van der Waals surface area contributed by atoms with Crippen LogP contribution in [0, 0.1) is 16.0 Å². The molecule has 1 aromatic rings. The van der Waals surface area contributed by atoms with Crippen molar-refractivity contribution in [2.24, 2.45) is 17.4 Å². The first-order valence-corrected chi connectivity index (χ1v) is 5.88.